The van der Waals surface area contributed by atoms with Crippen LogP contribution in [-0.2, 0) is 7.05 Å². The molecule has 0 spiro atoms. The summed E-state index contributed by atoms with van der Waals surface area (Å²) >= 11 is 0. The van der Waals surface area contributed by atoms with E-state index in [1.165, 1.54) is 4.57 Å². The standard InChI is InChI=1S/C19H16N2O2/c1-21-17(13-15-10-6-3-7-11-15)18(22)20-16(19(21)23)12-14-8-4-2-5-9-14/h2-13H,1H3,(H,20,22)/b16-12-,17-13+. The molecule has 23 heavy (non-hydrogen) atoms. The molecular formula is C19H16N2O2. The fraction of sp³-hybridized carbons (Fsp3) is 0.0526. The first-order valence-electron chi connectivity index (χ1n) is 7.28. The van der Waals surface area contributed by atoms with Crippen LogP contribution < -0.4 is 21.8 Å². The third kappa shape index (κ3) is 3.21. The first kappa shape index (κ1) is 14.8. The molecule has 0 aliphatic heterocycles. The predicted octanol–water partition coefficient (Wildman–Crippen LogP) is 0.731. The van der Waals surface area contributed by atoms with Gasteiger partial charge in [0.25, 0.3) is 11.1 Å². The summed E-state index contributed by atoms with van der Waals surface area (Å²) < 4.78 is 1.38. The molecule has 4 nitrogen and oxygen atoms in total. The van der Waals surface area contributed by atoms with Gasteiger partial charge < -0.3 is 9.55 Å². The number of H-pyrrole nitrogens is 1. The highest BCUT2D eigenvalue weighted by molar-refractivity contribution is 5.49. The number of nitrogens with one attached hydrogen (secondary N) is 1. The number of nitrogens with zero attached hydrogens (tertiary/aromatic N) is 1. The Hall–Kier alpha value is -3.14. The molecule has 0 bridgehead atoms. The second-order valence-electron chi connectivity index (χ2n) is 5.23. The molecule has 3 rings (SSSR count). The largest absolute Gasteiger partial charge is 0.316 e. The van der Waals surface area contributed by atoms with Gasteiger partial charge in [0, 0.05) is 7.05 Å². The van der Waals surface area contributed by atoms with Crippen LogP contribution in [0.5, 0.6) is 0 Å². The average Bonchev–Trinajstić information content (AvgIpc) is 2.58. The maximum absolute atomic E-state index is 12.5. The summed E-state index contributed by atoms with van der Waals surface area (Å²) in [6.07, 6.45) is 3.38. The van der Waals surface area contributed by atoms with Crippen molar-refractivity contribution in [3.05, 3.63) is 103 Å². The van der Waals surface area contributed by atoms with Gasteiger partial charge in [-0.25, -0.2) is 0 Å². The van der Waals surface area contributed by atoms with E-state index in [1.807, 2.05) is 60.7 Å². The molecule has 0 amide bonds. The number of aromatic amines is 1. The zero-order valence-corrected chi connectivity index (χ0v) is 12.7. The molecule has 0 unspecified atom stereocenters. The lowest BCUT2D eigenvalue weighted by molar-refractivity contribution is 0.776. The number of benzene rings is 2. The first-order valence-corrected chi connectivity index (χ1v) is 7.28. The van der Waals surface area contributed by atoms with E-state index in [0.29, 0.717) is 5.35 Å². The van der Waals surface area contributed by atoms with Crippen molar-refractivity contribution < 1.29 is 0 Å². The second-order valence-corrected chi connectivity index (χ2v) is 5.23. The molecule has 4 heteroatoms. The van der Waals surface area contributed by atoms with Crippen LogP contribution in [-0.4, -0.2) is 9.55 Å². The lowest BCUT2D eigenvalue weighted by atomic mass is 10.2. The summed E-state index contributed by atoms with van der Waals surface area (Å²) in [5, 5.41) is 0.598. The Morgan fingerprint density at radius 1 is 0.826 bits per heavy atom. The van der Waals surface area contributed by atoms with Crippen molar-refractivity contribution in [2.75, 3.05) is 0 Å². The van der Waals surface area contributed by atoms with Crippen molar-refractivity contribution in [2.45, 2.75) is 0 Å². The summed E-state index contributed by atoms with van der Waals surface area (Å²) in [5.74, 6) is 0. The number of rotatable bonds is 2. The third-order valence-corrected chi connectivity index (χ3v) is 3.59. The molecule has 0 saturated carbocycles. The Balaban J connectivity index is 2.23. The fourth-order valence-corrected chi connectivity index (χ4v) is 2.37. The van der Waals surface area contributed by atoms with Crippen LogP contribution in [0.3, 0.4) is 0 Å². The van der Waals surface area contributed by atoms with Crippen LogP contribution in [0.25, 0.3) is 12.2 Å². The number of aromatic nitrogens is 2. The van der Waals surface area contributed by atoms with Gasteiger partial charge in [-0.15, -0.1) is 0 Å². The number of hydrogen-bond acceptors (Lipinski definition) is 2. The van der Waals surface area contributed by atoms with Gasteiger partial charge in [0.1, 0.15) is 10.7 Å². The molecule has 1 aromatic heterocycles. The molecule has 0 atom stereocenters. The molecule has 0 aliphatic rings. The highest BCUT2D eigenvalue weighted by atomic mass is 16.1. The lowest BCUT2D eigenvalue weighted by Crippen LogP contribution is -2.52. The Kier molecular flexibility index (Phi) is 4.06. The highest BCUT2D eigenvalue weighted by Crippen LogP contribution is 1.98. The minimum Gasteiger partial charge on any atom is -0.316 e. The quantitative estimate of drug-likeness (QED) is 0.759. The van der Waals surface area contributed by atoms with E-state index in [0.717, 1.165) is 11.1 Å². The maximum Gasteiger partial charge on any atom is 0.274 e. The van der Waals surface area contributed by atoms with E-state index in [2.05, 4.69) is 4.98 Å². The van der Waals surface area contributed by atoms with Crippen LogP contribution in [0.15, 0.2) is 70.3 Å². The van der Waals surface area contributed by atoms with Crippen molar-refractivity contribution in [1.29, 1.82) is 0 Å². The average molecular weight is 304 g/mol. The van der Waals surface area contributed by atoms with Crippen molar-refractivity contribution in [2.24, 2.45) is 7.05 Å². The molecule has 0 aliphatic carbocycles. The van der Waals surface area contributed by atoms with E-state index in [4.69, 9.17) is 0 Å². The molecule has 1 heterocycles. The Morgan fingerprint density at radius 2 is 1.35 bits per heavy atom. The van der Waals surface area contributed by atoms with Gasteiger partial charge in [0.2, 0.25) is 0 Å². The minimum atomic E-state index is -0.293. The Bertz CT molecular complexity index is 1050. The van der Waals surface area contributed by atoms with E-state index in [-0.39, 0.29) is 16.5 Å². The van der Waals surface area contributed by atoms with Gasteiger partial charge in [-0.1, -0.05) is 60.7 Å². The fourth-order valence-electron chi connectivity index (χ4n) is 2.37. The maximum atomic E-state index is 12.5. The molecule has 1 N–H and O–H groups in total. The lowest BCUT2D eigenvalue weighted by Gasteiger charge is -2.00. The monoisotopic (exact) mass is 304 g/mol. The van der Waals surface area contributed by atoms with Gasteiger partial charge in [-0.2, -0.15) is 0 Å². The summed E-state index contributed by atoms with van der Waals surface area (Å²) in [4.78, 5) is 27.5. The summed E-state index contributed by atoms with van der Waals surface area (Å²) in [6.45, 7) is 0. The molecule has 2 aromatic carbocycles. The van der Waals surface area contributed by atoms with Crippen LogP contribution >= 0.6 is 0 Å². The SMILES string of the molecule is Cn1c(=O)/c(=C/c2ccccc2)[nH]c(=O)/c1=C\c1ccccc1. The van der Waals surface area contributed by atoms with E-state index in [9.17, 15) is 9.59 Å². The highest BCUT2D eigenvalue weighted by Gasteiger charge is 2.01. The first-order chi connectivity index (χ1) is 11.1. The normalized spacial score (nSPS) is 12.6. The molecule has 0 saturated heterocycles. The summed E-state index contributed by atoms with van der Waals surface area (Å²) in [7, 11) is 1.61. The zero-order valence-electron chi connectivity index (χ0n) is 12.7. The van der Waals surface area contributed by atoms with Crippen LogP contribution in [0.4, 0.5) is 0 Å². The van der Waals surface area contributed by atoms with Gasteiger partial charge in [-0.05, 0) is 23.3 Å². The Labute approximate surface area is 132 Å². The second kappa shape index (κ2) is 6.32. The van der Waals surface area contributed by atoms with Gasteiger partial charge >= 0.3 is 0 Å². The zero-order chi connectivity index (χ0) is 16.2. The number of hydrogen-bond donors (Lipinski definition) is 1. The Morgan fingerprint density at radius 3 is 1.91 bits per heavy atom. The third-order valence-electron chi connectivity index (χ3n) is 3.59. The molecular weight excluding hydrogens is 288 g/mol. The van der Waals surface area contributed by atoms with E-state index in [1.54, 1.807) is 19.2 Å². The molecule has 114 valence electrons. The molecule has 0 radical (unpaired) electrons. The smallest absolute Gasteiger partial charge is 0.274 e. The van der Waals surface area contributed by atoms with Gasteiger partial charge in [0.15, 0.2) is 0 Å². The molecule has 3 aromatic rings. The van der Waals surface area contributed by atoms with Crippen molar-refractivity contribution >= 4 is 12.2 Å². The van der Waals surface area contributed by atoms with Crippen LogP contribution in [0.2, 0.25) is 0 Å². The summed E-state index contributed by atoms with van der Waals surface area (Å²) in [5.41, 5.74) is 1.20. The van der Waals surface area contributed by atoms with Crippen molar-refractivity contribution in [3.8, 4) is 0 Å². The van der Waals surface area contributed by atoms with E-state index < -0.39 is 0 Å². The topological polar surface area (TPSA) is 54.9 Å². The van der Waals surface area contributed by atoms with Gasteiger partial charge in [0.05, 0.1) is 0 Å². The van der Waals surface area contributed by atoms with Crippen molar-refractivity contribution in [3.63, 3.8) is 0 Å². The molecule has 0 fully saturated rings. The van der Waals surface area contributed by atoms with Crippen molar-refractivity contribution in [1.82, 2.24) is 9.55 Å². The predicted molar refractivity (Wildman–Crippen MR) is 91.6 cm³/mol. The van der Waals surface area contributed by atoms with E-state index >= 15 is 0 Å². The van der Waals surface area contributed by atoms with Gasteiger partial charge in [-0.3, -0.25) is 9.59 Å². The minimum absolute atomic E-state index is 0.240. The summed E-state index contributed by atoms with van der Waals surface area (Å²) in [6, 6.07) is 18.9. The van der Waals surface area contributed by atoms with Crippen LogP contribution in [0, 0.1) is 0 Å². The van der Waals surface area contributed by atoms with Crippen LogP contribution in [0.1, 0.15) is 11.1 Å².